The van der Waals surface area contributed by atoms with Gasteiger partial charge in [-0.3, -0.25) is 0 Å². The Morgan fingerprint density at radius 1 is 2.00 bits per heavy atom. The van der Waals surface area contributed by atoms with Crippen LogP contribution in [0.2, 0.25) is 0 Å². The molecule has 0 heterocycles. The number of hydrogen-bond acceptors (Lipinski definition) is 3. The molecule has 0 saturated carbocycles. The van der Waals surface area contributed by atoms with E-state index in [1.54, 1.807) is 0 Å². The lowest BCUT2D eigenvalue weighted by Crippen LogP contribution is -2.01. The number of hydrogen-bond donors (Lipinski definition) is 1. The van der Waals surface area contributed by atoms with Gasteiger partial charge < -0.3 is 9.92 Å². The largest absolute Gasteiger partial charge is 0.383 e. The maximum Gasteiger partial charge on any atom is 0.158 e. The molecule has 7 heavy (non-hydrogen) atoms. The van der Waals surface area contributed by atoms with Crippen LogP contribution in [0.3, 0.4) is 0 Å². The Hall–Kier alpha value is 0.200. The lowest BCUT2D eigenvalue weighted by molar-refractivity contribution is 0.407. The van der Waals surface area contributed by atoms with Gasteiger partial charge in [-0.15, -0.1) is 0 Å². The van der Waals surface area contributed by atoms with Crippen LogP contribution in [0, 0.1) is 0 Å². The average molecular weight is 137 g/mol. The van der Waals surface area contributed by atoms with Crippen molar-refractivity contribution in [3.05, 3.63) is 0 Å². The Morgan fingerprint density at radius 3 is 2.71 bits per heavy atom. The standard InChI is InChI=1S/C3H7NOS2/c1-2-5-7-3(4)6/h2H2,1H3,(H2,4,6). The Morgan fingerprint density at radius 2 is 2.57 bits per heavy atom. The summed E-state index contributed by atoms with van der Waals surface area (Å²) in [6.07, 6.45) is 0. The monoisotopic (exact) mass is 137 g/mol. The van der Waals surface area contributed by atoms with Crippen LogP contribution in [0.5, 0.6) is 0 Å². The minimum Gasteiger partial charge on any atom is -0.383 e. The summed E-state index contributed by atoms with van der Waals surface area (Å²) in [5.41, 5.74) is 5.05. The molecule has 0 aromatic rings. The van der Waals surface area contributed by atoms with Gasteiger partial charge in [-0.2, -0.15) is 0 Å². The second-order valence-electron chi connectivity index (χ2n) is 0.809. The quantitative estimate of drug-likeness (QED) is 0.453. The fourth-order valence-electron chi connectivity index (χ4n) is 0.117. The highest BCUT2D eigenvalue weighted by atomic mass is 32.2. The predicted molar refractivity (Wildman–Crippen MR) is 36.0 cm³/mol. The third-order valence-electron chi connectivity index (χ3n) is 0.259. The van der Waals surface area contributed by atoms with Crippen LogP contribution in [0.15, 0.2) is 0 Å². The first-order chi connectivity index (χ1) is 3.27. The van der Waals surface area contributed by atoms with Crippen molar-refractivity contribution >= 4 is 28.6 Å². The van der Waals surface area contributed by atoms with Crippen molar-refractivity contribution < 1.29 is 4.18 Å². The van der Waals surface area contributed by atoms with Gasteiger partial charge in [-0.25, -0.2) is 0 Å². The van der Waals surface area contributed by atoms with E-state index < -0.39 is 0 Å². The average Bonchev–Trinajstić information content (AvgIpc) is 1.61. The molecule has 0 atom stereocenters. The third kappa shape index (κ3) is 6.20. The third-order valence-corrected chi connectivity index (χ3v) is 0.981. The molecular weight excluding hydrogens is 130 g/mol. The van der Waals surface area contributed by atoms with Gasteiger partial charge in [0.1, 0.15) is 0 Å². The second-order valence-corrected chi connectivity index (χ2v) is 2.35. The molecule has 0 amide bonds. The van der Waals surface area contributed by atoms with E-state index in [1.165, 1.54) is 0 Å². The maximum absolute atomic E-state index is 5.05. The number of rotatable bonds is 2. The van der Waals surface area contributed by atoms with Crippen LogP contribution < -0.4 is 5.73 Å². The van der Waals surface area contributed by atoms with Gasteiger partial charge in [-0.05, 0) is 6.92 Å². The van der Waals surface area contributed by atoms with Crippen molar-refractivity contribution in [2.24, 2.45) is 5.73 Å². The summed E-state index contributed by atoms with van der Waals surface area (Å²) in [6, 6.07) is 0. The summed E-state index contributed by atoms with van der Waals surface area (Å²) >= 11 is 5.52. The van der Waals surface area contributed by atoms with Gasteiger partial charge in [0.15, 0.2) is 4.32 Å². The molecule has 0 saturated heterocycles. The first-order valence-corrected chi connectivity index (χ1v) is 3.01. The molecule has 0 rings (SSSR count). The van der Waals surface area contributed by atoms with E-state index in [0.717, 1.165) is 12.0 Å². The fourth-order valence-corrected chi connectivity index (χ4v) is 0.495. The smallest absolute Gasteiger partial charge is 0.158 e. The summed E-state index contributed by atoms with van der Waals surface area (Å²) in [5, 5.41) is 0. The summed E-state index contributed by atoms with van der Waals surface area (Å²) in [5.74, 6) is 0. The molecule has 4 heteroatoms. The molecule has 2 nitrogen and oxygen atoms in total. The van der Waals surface area contributed by atoms with Crippen LogP contribution in [-0.4, -0.2) is 10.9 Å². The summed E-state index contributed by atoms with van der Waals surface area (Å²) in [4.78, 5) is 0. The van der Waals surface area contributed by atoms with Gasteiger partial charge in [0, 0.05) is 0 Å². The number of nitrogens with two attached hydrogens (primary N) is 1. The molecule has 0 unspecified atom stereocenters. The zero-order chi connectivity index (χ0) is 5.70. The highest BCUT2D eigenvalue weighted by Gasteiger charge is 1.84. The van der Waals surface area contributed by atoms with Crippen LogP contribution in [0.1, 0.15) is 6.92 Å². The van der Waals surface area contributed by atoms with Crippen molar-refractivity contribution in [2.75, 3.05) is 6.61 Å². The molecule has 0 aliphatic carbocycles. The molecule has 0 bridgehead atoms. The topological polar surface area (TPSA) is 35.2 Å². The number of thiocarbonyl (C=S) groups is 1. The first kappa shape index (κ1) is 7.20. The molecule has 0 aromatic heterocycles. The molecule has 0 radical (unpaired) electrons. The zero-order valence-corrected chi connectivity index (χ0v) is 5.64. The van der Waals surface area contributed by atoms with Gasteiger partial charge in [-0.1, -0.05) is 12.2 Å². The summed E-state index contributed by atoms with van der Waals surface area (Å²) in [7, 11) is 0. The van der Waals surface area contributed by atoms with E-state index in [-0.39, 0.29) is 0 Å². The Balaban J connectivity index is 2.82. The van der Waals surface area contributed by atoms with Crippen molar-refractivity contribution in [1.29, 1.82) is 0 Å². The second kappa shape index (κ2) is 4.36. The zero-order valence-electron chi connectivity index (χ0n) is 4.01. The minimum atomic E-state index is 0.335. The van der Waals surface area contributed by atoms with Crippen LogP contribution in [-0.2, 0) is 4.18 Å². The molecule has 0 aromatic carbocycles. The lowest BCUT2D eigenvalue weighted by Gasteiger charge is -1.91. The fraction of sp³-hybridized carbons (Fsp3) is 0.667. The normalized spacial score (nSPS) is 8.71. The van der Waals surface area contributed by atoms with Gasteiger partial charge >= 0.3 is 0 Å². The summed E-state index contributed by atoms with van der Waals surface area (Å²) < 4.78 is 5.08. The molecule has 0 fully saturated rings. The first-order valence-electron chi connectivity index (χ1n) is 1.86. The Bertz CT molecular complexity index is 66.0. The summed E-state index contributed by atoms with van der Waals surface area (Å²) in [6.45, 7) is 2.52. The minimum absolute atomic E-state index is 0.335. The predicted octanol–water partition coefficient (Wildman–Crippen LogP) is 0.915. The van der Waals surface area contributed by atoms with E-state index in [9.17, 15) is 0 Å². The molecular formula is C3H7NOS2. The van der Waals surface area contributed by atoms with E-state index >= 15 is 0 Å². The van der Waals surface area contributed by atoms with Crippen molar-refractivity contribution in [3.8, 4) is 0 Å². The SMILES string of the molecule is CCOSC(N)=S. The molecule has 0 aliphatic heterocycles. The van der Waals surface area contributed by atoms with Crippen molar-refractivity contribution in [3.63, 3.8) is 0 Å². The molecule has 42 valence electrons. The van der Waals surface area contributed by atoms with E-state index in [2.05, 4.69) is 12.2 Å². The molecule has 2 N–H and O–H groups in total. The highest BCUT2D eigenvalue weighted by Crippen LogP contribution is 1.99. The van der Waals surface area contributed by atoms with E-state index in [1.807, 2.05) is 6.92 Å². The van der Waals surface area contributed by atoms with Crippen molar-refractivity contribution in [2.45, 2.75) is 6.92 Å². The lowest BCUT2D eigenvalue weighted by atomic mass is 10.9. The van der Waals surface area contributed by atoms with Crippen LogP contribution in [0.4, 0.5) is 0 Å². The molecule has 0 aliphatic rings. The Kier molecular flexibility index (Phi) is 4.49. The van der Waals surface area contributed by atoms with E-state index in [4.69, 9.17) is 9.92 Å². The van der Waals surface area contributed by atoms with Gasteiger partial charge in [0.05, 0.1) is 18.6 Å². The van der Waals surface area contributed by atoms with Crippen molar-refractivity contribution in [1.82, 2.24) is 0 Å². The maximum atomic E-state index is 5.05. The van der Waals surface area contributed by atoms with Gasteiger partial charge in [0.25, 0.3) is 0 Å². The van der Waals surface area contributed by atoms with Gasteiger partial charge in [0.2, 0.25) is 0 Å². The Labute approximate surface area is 52.6 Å². The highest BCUT2D eigenvalue weighted by molar-refractivity contribution is 8.19. The van der Waals surface area contributed by atoms with Crippen LogP contribution in [0.25, 0.3) is 0 Å². The van der Waals surface area contributed by atoms with Crippen LogP contribution >= 0.6 is 24.3 Å². The van der Waals surface area contributed by atoms with E-state index in [0.29, 0.717) is 10.9 Å². The molecule has 0 spiro atoms.